The monoisotopic (exact) mass is 447 g/mol. The van der Waals surface area contributed by atoms with Crippen molar-refractivity contribution >= 4 is 11.6 Å². The highest BCUT2D eigenvalue weighted by molar-refractivity contribution is 5.76. The van der Waals surface area contributed by atoms with Gasteiger partial charge in [-0.3, -0.25) is 4.79 Å². The van der Waals surface area contributed by atoms with Crippen LogP contribution in [0, 0.1) is 0 Å². The Morgan fingerprint density at radius 2 is 1.79 bits per heavy atom. The van der Waals surface area contributed by atoms with Gasteiger partial charge in [0.1, 0.15) is 18.1 Å². The third kappa shape index (κ3) is 5.38. The largest absolute Gasteiger partial charge is 0.497 e. The van der Waals surface area contributed by atoms with Gasteiger partial charge in [-0.05, 0) is 42.3 Å². The van der Waals surface area contributed by atoms with Crippen LogP contribution in [-0.4, -0.2) is 53.1 Å². The van der Waals surface area contributed by atoms with Crippen LogP contribution in [0.15, 0.2) is 60.7 Å². The summed E-state index contributed by atoms with van der Waals surface area (Å²) in [7, 11) is 3.24. The normalized spacial score (nSPS) is 10.7. The number of carbonyl (C=O) groups is 1. The molecule has 0 aliphatic rings. The molecule has 4 rings (SSSR count). The lowest BCUT2D eigenvalue weighted by atomic mass is 10.1. The van der Waals surface area contributed by atoms with Crippen molar-refractivity contribution in [1.29, 1.82) is 0 Å². The number of aromatic nitrogens is 4. The maximum absolute atomic E-state index is 12.1. The van der Waals surface area contributed by atoms with Gasteiger partial charge >= 0.3 is 0 Å². The van der Waals surface area contributed by atoms with Gasteiger partial charge in [-0.1, -0.05) is 24.3 Å². The van der Waals surface area contributed by atoms with Crippen molar-refractivity contribution < 1.29 is 19.0 Å². The lowest BCUT2D eigenvalue weighted by Gasteiger charge is -2.09. The fraction of sp³-hybridized carbons (Fsp3) is 0.250. The molecular weight excluding hydrogens is 422 g/mol. The Hall–Kier alpha value is -4.14. The maximum Gasteiger partial charge on any atom is 0.231 e. The molecule has 0 atom stereocenters. The number of hydrogen-bond donors (Lipinski definition) is 1. The van der Waals surface area contributed by atoms with E-state index in [2.05, 4.69) is 20.6 Å². The number of nitrogens with one attached hydrogen (secondary N) is 1. The zero-order valence-corrected chi connectivity index (χ0v) is 18.5. The second kappa shape index (κ2) is 10.4. The second-order valence-electron chi connectivity index (χ2n) is 7.21. The predicted molar refractivity (Wildman–Crippen MR) is 123 cm³/mol. The molecule has 170 valence electrons. The summed E-state index contributed by atoms with van der Waals surface area (Å²) in [5.74, 6) is 2.41. The van der Waals surface area contributed by atoms with E-state index >= 15 is 0 Å². The summed E-state index contributed by atoms with van der Waals surface area (Å²) in [5.41, 5.74) is 2.45. The van der Waals surface area contributed by atoms with E-state index in [4.69, 9.17) is 14.2 Å². The molecule has 2 aromatic carbocycles. The fourth-order valence-corrected chi connectivity index (χ4v) is 3.33. The minimum atomic E-state index is -0.0323. The van der Waals surface area contributed by atoms with Crippen molar-refractivity contribution in [3.63, 3.8) is 0 Å². The van der Waals surface area contributed by atoms with Crippen LogP contribution in [0.4, 0.5) is 0 Å². The Kier molecular flexibility index (Phi) is 6.99. The lowest BCUT2D eigenvalue weighted by molar-refractivity contribution is -0.121. The minimum Gasteiger partial charge on any atom is -0.497 e. The van der Waals surface area contributed by atoms with Gasteiger partial charge < -0.3 is 19.5 Å². The molecule has 0 aliphatic carbocycles. The summed E-state index contributed by atoms with van der Waals surface area (Å²) in [4.78, 5) is 12.1. The zero-order valence-electron chi connectivity index (χ0n) is 18.5. The fourth-order valence-electron chi connectivity index (χ4n) is 3.33. The average molecular weight is 447 g/mol. The minimum absolute atomic E-state index is 0.0323. The summed E-state index contributed by atoms with van der Waals surface area (Å²) >= 11 is 0. The summed E-state index contributed by atoms with van der Waals surface area (Å²) in [5, 5.41) is 15.8. The van der Waals surface area contributed by atoms with E-state index < -0.39 is 0 Å². The summed E-state index contributed by atoms with van der Waals surface area (Å²) in [6.45, 7) is 0.668. The molecule has 0 unspecified atom stereocenters. The molecular formula is C24H25N5O4. The maximum atomic E-state index is 12.1. The number of amides is 1. The Morgan fingerprint density at radius 3 is 2.58 bits per heavy atom. The van der Waals surface area contributed by atoms with E-state index in [0.717, 1.165) is 16.9 Å². The standard InChI is InChI=1S/C24H25N5O4/c1-31-18-10-7-17(8-11-18)9-13-22(30)25-15-16-33-23-14-12-21-26-27-24(29(21)28-23)19-5-3-4-6-20(19)32-2/h3-8,10-12,14H,9,13,15-16H2,1-2H3,(H,25,30). The van der Waals surface area contributed by atoms with Crippen LogP contribution >= 0.6 is 0 Å². The van der Waals surface area contributed by atoms with E-state index in [1.165, 1.54) is 0 Å². The predicted octanol–water partition coefficient (Wildman–Crippen LogP) is 2.94. The highest BCUT2D eigenvalue weighted by atomic mass is 16.5. The number of para-hydroxylation sites is 1. The molecule has 0 spiro atoms. The molecule has 0 fully saturated rings. The van der Waals surface area contributed by atoms with E-state index in [-0.39, 0.29) is 5.91 Å². The third-order valence-corrected chi connectivity index (χ3v) is 5.06. The number of aryl methyl sites for hydroxylation is 1. The molecule has 0 radical (unpaired) electrons. The summed E-state index contributed by atoms with van der Waals surface area (Å²) in [6.07, 6.45) is 1.06. The molecule has 0 aliphatic heterocycles. The lowest BCUT2D eigenvalue weighted by Crippen LogP contribution is -2.28. The number of benzene rings is 2. The van der Waals surface area contributed by atoms with Crippen LogP contribution in [0.25, 0.3) is 17.0 Å². The van der Waals surface area contributed by atoms with Crippen LogP contribution in [0.2, 0.25) is 0 Å². The number of hydrogen-bond acceptors (Lipinski definition) is 7. The van der Waals surface area contributed by atoms with Crippen molar-refractivity contribution in [2.75, 3.05) is 27.4 Å². The van der Waals surface area contributed by atoms with Crippen molar-refractivity contribution in [2.45, 2.75) is 12.8 Å². The van der Waals surface area contributed by atoms with Crippen LogP contribution in [0.3, 0.4) is 0 Å². The van der Waals surface area contributed by atoms with Gasteiger partial charge in [-0.15, -0.1) is 15.3 Å². The van der Waals surface area contributed by atoms with E-state index in [1.807, 2.05) is 48.5 Å². The van der Waals surface area contributed by atoms with E-state index in [9.17, 15) is 4.79 Å². The molecule has 1 amide bonds. The Labute approximate surface area is 191 Å². The number of ether oxygens (including phenoxy) is 3. The summed E-state index contributed by atoms with van der Waals surface area (Å²) in [6, 6.07) is 18.7. The Morgan fingerprint density at radius 1 is 0.970 bits per heavy atom. The van der Waals surface area contributed by atoms with E-state index in [0.29, 0.717) is 49.1 Å². The molecule has 1 N–H and O–H groups in total. The smallest absolute Gasteiger partial charge is 0.231 e. The molecule has 0 bridgehead atoms. The SMILES string of the molecule is COc1ccc(CCC(=O)NCCOc2ccc3nnc(-c4ccccc4OC)n3n2)cc1. The first-order valence-electron chi connectivity index (χ1n) is 10.6. The van der Waals surface area contributed by atoms with Gasteiger partial charge in [0.05, 0.1) is 26.3 Å². The molecule has 9 nitrogen and oxygen atoms in total. The molecule has 4 aromatic rings. The molecule has 9 heteroatoms. The van der Waals surface area contributed by atoms with Crippen LogP contribution < -0.4 is 19.5 Å². The topological polar surface area (TPSA) is 99.9 Å². The first kappa shape index (κ1) is 22.1. The van der Waals surface area contributed by atoms with Crippen LogP contribution in [-0.2, 0) is 11.2 Å². The number of methoxy groups -OCH3 is 2. The Bertz CT molecular complexity index is 1220. The third-order valence-electron chi connectivity index (χ3n) is 5.06. The number of rotatable bonds is 10. The van der Waals surface area contributed by atoms with Crippen molar-refractivity contribution in [3.8, 4) is 28.8 Å². The molecule has 2 aromatic heterocycles. The second-order valence-corrected chi connectivity index (χ2v) is 7.21. The quantitative estimate of drug-likeness (QED) is 0.373. The van der Waals surface area contributed by atoms with Crippen molar-refractivity contribution in [1.82, 2.24) is 25.1 Å². The van der Waals surface area contributed by atoms with Gasteiger partial charge in [0.2, 0.25) is 11.8 Å². The van der Waals surface area contributed by atoms with Crippen molar-refractivity contribution in [3.05, 3.63) is 66.2 Å². The first-order valence-corrected chi connectivity index (χ1v) is 10.6. The molecule has 0 saturated heterocycles. The number of fused-ring (bicyclic) bond motifs is 1. The number of nitrogens with zero attached hydrogens (tertiary/aromatic N) is 4. The van der Waals surface area contributed by atoms with Crippen LogP contribution in [0.1, 0.15) is 12.0 Å². The molecule has 2 heterocycles. The molecule has 33 heavy (non-hydrogen) atoms. The van der Waals surface area contributed by atoms with E-state index in [1.54, 1.807) is 30.9 Å². The Balaban J connectivity index is 1.30. The van der Waals surface area contributed by atoms with Gasteiger partial charge in [0.25, 0.3) is 0 Å². The number of carbonyl (C=O) groups excluding carboxylic acids is 1. The summed E-state index contributed by atoms with van der Waals surface area (Å²) < 4.78 is 17.9. The van der Waals surface area contributed by atoms with Gasteiger partial charge in [-0.2, -0.15) is 4.52 Å². The molecule has 0 saturated carbocycles. The first-order chi connectivity index (χ1) is 16.2. The van der Waals surface area contributed by atoms with Crippen molar-refractivity contribution in [2.24, 2.45) is 0 Å². The van der Waals surface area contributed by atoms with Gasteiger partial charge in [-0.25, -0.2) is 0 Å². The average Bonchev–Trinajstić information content (AvgIpc) is 3.28. The highest BCUT2D eigenvalue weighted by Gasteiger charge is 2.14. The highest BCUT2D eigenvalue weighted by Crippen LogP contribution is 2.28. The van der Waals surface area contributed by atoms with Crippen LogP contribution in [0.5, 0.6) is 17.4 Å². The van der Waals surface area contributed by atoms with Gasteiger partial charge in [0, 0.05) is 12.5 Å². The zero-order chi connectivity index (χ0) is 23.0. The van der Waals surface area contributed by atoms with Gasteiger partial charge in [0.15, 0.2) is 11.5 Å².